The van der Waals surface area contributed by atoms with Crippen molar-refractivity contribution in [1.29, 1.82) is 0 Å². The van der Waals surface area contributed by atoms with Crippen molar-refractivity contribution in [2.75, 3.05) is 17.6 Å². The van der Waals surface area contributed by atoms with E-state index in [0.29, 0.717) is 10.8 Å². The lowest BCUT2D eigenvalue weighted by Gasteiger charge is -2.06. The summed E-state index contributed by atoms with van der Waals surface area (Å²) in [6, 6.07) is 0. The van der Waals surface area contributed by atoms with Gasteiger partial charge in [-0.05, 0) is 6.42 Å². The molecule has 6 heteroatoms. The zero-order chi connectivity index (χ0) is 9.84. The first-order chi connectivity index (χ1) is 6.15. The number of nitrogens with one attached hydrogen (secondary N) is 1. The summed E-state index contributed by atoms with van der Waals surface area (Å²) in [7, 11) is 0. The number of hydrogen-bond donors (Lipinski definition) is 2. The van der Waals surface area contributed by atoms with Crippen LogP contribution in [0.2, 0.25) is 10.2 Å². The molecule has 0 saturated carbocycles. The summed E-state index contributed by atoms with van der Waals surface area (Å²) in [5, 5.41) is 3.48. The van der Waals surface area contributed by atoms with Crippen LogP contribution < -0.4 is 11.1 Å². The maximum atomic E-state index is 5.83. The molecule has 1 aromatic rings. The Morgan fingerprint density at radius 2 is 2.08 bits per heavy atom. The Morgan fingerprint density at radius 3 is 2.69 bits per heavy atom. The number of anilines is 2. The van der Waals surface area contributed by atoms with Gasteiger partial charge in [-0.25, -0.2) is 0 Å². The van der Waals surface area contributed by atoms with Crippen LogP contribution in [0.15, 0.2) is 0 Å². The summed E-state index contributed by atoms with van der Waals surface area (Å²) in [6.07, 6.45) is 0.970. The van der Waals surface area contributed by atoms with Crippen molar-refractivity contribution in [1.82, 2.24) is 9.97 Å². The van der Waals surface area contributed by atoms with Gasteiger partial charge >= 0.3 is 0 Å². The molecular formula is C7H10Cl2N4. The Hall–Kier alpha value is -0.740. The predicted molar refractivity (Wildman–Crippen MR) is 55.2 cm³/mol. The average molecular weight is 221 g/mol. The van der Waals surface area contributed by atoms with Crippen LogP contribution in [-0.4, -0.2) is 16.5 Å². The fourth-order valence-corrected chi connectivity index (χ4v) is 1.12. The monoisotopic (exact) mass is 220 g/mol. The van der Waals surface area contributed by atoms with Crippen molar-refractivity contribution < 1.29 is 0 Å². The van der Waals surface area contributed by atoms with Crippen LogP contribution in [0.3, 0.4) is 0 Å². The molecule has 0 saturated heterocycles. The van der Waals surface area contributed by atoms with Crippen LogP contribution >= 0.6 is 23.2 Å². The molecule has 3 N–H and O–H groups in total. The number of rotatable bonds is 3. The smallest absolute Gasteiger partial charge is 0.223 e. The van der Waals surface area contributed by atoms with Crippen molar-refractivity contribution >= 4 is 35.0 Å². The number of aromatic nitrogens is 2. The highest BCUT2D eigenvalue weighted by molar-refractivity contribution is 6.42. The van der Waals surface area contributed by atoms with Crippen molar-refractivity contribution in [2.45, 2.75) is 13.3 Å². The van der Waals surface area contributed by atoms with Crippen LogP contribution in [0.5, 0.6) is 0 Å². The highest BCUT2D eigenvalue weighted by Crippen LogP contribution is 2.27. The zero-order valence-electron chi connectivity index (χ0n) is 7.14. The number of hydrogen-bond acceptors (Lipinski definition) is 4. The third kappa shape index (κ3) is 2.60. The number of nitrogen functional groups attached to an aromatic ring is 1. The Bertz CT molecular complexity index is 303. The van der Waals surface area contributed by atoms with E-state index in [1.807, 2.05) is 6.92 Å². The Labute approximate surface area is 86.5 Å². The third-order valence-electron chi connectivity index (χ3n) is 1.37. The maximum Gasteiger partial charge on any atom is 0.223 e. The fraction of sp³-hybridized carbons (Fsp3) is 0.429. The molecule has 0 aliphatic carbocycles. The molecule has 0 atom stereocenters. The van der Waals surface area contributed by atoms with Gasteiger partial charge < -0.3 is 11.1 Å². The van der Waals surface area contributed by atoms with E-state index < -0.39 is 0 Å². The second kappa shape index (κ2) is 4.48. The Balaban J connectivity index is 2.92. The molecule has 4 nitrogen and oxygen atoms in total. The highest BCUT2D eigenvalue weighted by atomic mass is 35.5. The topological polar surface area (TPSA) is 63.8 Å². The van der Waals surface area contributed by atoms with Gasteiger partial charge in [-0.2, -0.15) is 9.97 Å². The van der Waals surface area contributed by atoms with Crippen molar-refractivity contribution in [3.63, 3.8) is 0 Å². The molecular weight excluding hydrogens is 211 g/mol. The predicted octanol–water partition coefficient (Wildman–Crippen LogP) is 2.19. The van der Waals surface area contributed by atoms with Gasteiger partial charge in [-0.3, -0.25) is 0 Å². The van der Waals surface area contributed by atoms with E-state index in [1.54, 1.807) is 0 Å². The number of nitrogens with zero attached hydrogens (tertiary/aromatic N) is 2. The van der Waals surface area contributed by atoms with E-state index in [1.165, 1.54) is 0 Å². The van der Waals surface area contributed by atoms with E-state index in [4.69, 9.17) is 28.9 Å². The molecule has 0 spiro atoms. The third-order valence-corrected chi connectivity index (χ3v) is 2.10. The van der Waals surface area contributed by atoms with Gasteiger partial charge in [0.05, 0.1) is 0 Å². The minimum absolute atomic E-state index is 0.119. The van der Waals surface area contributed by atoms with Crippen LogP contribution in [-0.2, 0) is 0 Å². The zero-order valence-corrected chi connectivity index (χ0v) is 8.65. The minimum atomic E-state index is 0.119. The lowest BCUT2D eigenvalue weighted by molar-refractivity contribution is 0.966. The van der Waals surface area contributed by atoms with Gasteiger partial charge in [0.25, 0.3) is 0 Å². The first-order valence-corrected chi connectivity index (χ1v) is 4.63. The highest BCUT2D eigenvalue weighted by Gasteiger charge is 2.08. The summed E-state index contributed by atoms with van der Waals surface area (Å²) < 4.78 is 0. The molecule has 13 heavy (non-hydrogen) atoms. The number of nitrogens with two attached hydrogens (primary N) is 1. The van der Waals surface area contributed by atoms with Crippen LogP contribution in [0.4, 0.5) is 11.8 Å². The SMILES string of the molecule is CCCNc1nc(N)nc(Cl)c1Cl. The molecule has 1 heterocycles. The first kappa shape index (κ1) is 10.3. The lowest BCUT2D eigenvalue weighted by Crippen LogP contribution is -2.06. The standard InChI is InChI=1S/C7H10Cl2N4/c1-2-3-11-6-4(8)5(9)12-7(10)13-6/h2-3H2,1H3,(H3,10,11,12,13). The summed E-state index contributed by atoms with van der Waals surface area (Å²) in [4.78, 5) is 7.61. The van der Waals surface area contributed by atoms with E-state index >= 15 is 0 Å². The van der Waals surface area contributed by atoms with Gasteiger partial charge in [0.2, 0.25) is 5.95 Å². The summed E-state index contributed by atoms with van der Waals surface area (Å²) >= 11 is 11.5. The molecule has 0 aliphatic heterocycles. The largest absolute Gasteiger partial charge is 0.369 e. The average Bonchev–Trinajstić information content (AvgIpc) is 2.09. The molecule has 1 rings (SSSR count). The second-order valence-corrected chi connectivity index (χ2v) is 3.20. The quantitative estimate of drug-likeness (QED) is 0.768. The van der Waals surface area contributed by atoms with Gasteiger partial charge in [0.1, 0.15) is 5.02 Å². The molecule has 0 unspecified atom stereocenters. The molecule has 0 amide bonds. The summed E-state index contributed by atoms with van der Waals surface area (Å²) in [6.45, 7) is 2.81. The molecule has 1 aromatic heterocycles. The first-order valence-electron chi connectivity index (χ1n) is 3.87. The van der Waals surface area contributed by atoms with Gasteiger partial charge in [-0.15, -0.1) is 0 Å². The van der Waals surface area contributed by atoms with Crippen LogP contribution in [0.25, 0.3) is 0 Å². The summed E-state index contributed by atoms with van der Waals surface area (Å²) in [5.41, 5.74) is 5.39. The van der Waals surface area contributed by atoms with E-state index in [2.05, 4.69) is 15.3 Å². The van der Waals surface area contributed by atoms with Crippen molar-refractivity contribution in [3.05, 3.63) is 10.2 Å². The molecule has 0 aromatic carbocycles. The van der Waals surface area contributed by atoms with Crippen LogP contribution in [0, 0.1) is 0 Å². The minimum Gasteiger partial charge on any atom is -0.369 e. The van der Waals surface area contributed by atoms with Crippen molar-refractivity contribution in [3.8, 4) is 0 Å². The molecule has 0 aliphatic rings. The van der Waals surface area contributed by atoms with E-state index in [9.17, 15) is 0 Å². The van der Waals surface area contributed by atoms with E-state index in [-0.39, 0.29) is 11.1 Å². The number of halogens is 2. The van der Waals surface area contributed by atoms with Gasteiger partial charge in [0.15, 0.2) is 11.0 Å². The van der Waals surface area contributed by atoms with Gasteiger partial charge in [-0.1, -0.05) is 30.1 Å². The molecule has 0 bridgehead atoms. The van der Waals surface area contributed by atoms with E-state index in [0.717, 1.165) is 13.0 Å². The van der Waals surface area contributed by atoms with Crippen molar-refractivity contribution in [2.24, 2.45) is 0 Å². The summed E-state index contributed by atoms with van der Waals surface area (Å²) in [5.74, 6) is 0.606. The van der Waals surface area contributed by atoms with Gasteiger partial charge in [0, 0.05) is 6.54 Å². The Kier molecular flexibility index (Phi) is 3.57. The molecule has 0 fully saturated rings. The van der Waals surface area contributed by atoms with Crippen LogP contribution in [0.1, 0.15) is 13.3 Å². The second-order valence-electron chi connectivity index (χ2n) is 2.46. The fourth-order valence-electron chi connectivity index (χ4n) is 0.797. The normalized spacial score (nSPS) is 10.1. The Morgan fingerprint density at radius 1 is 1.38 bits per heavy atom. The molecule has 72 valence electrons. The lowest BCUT2D eigenvalue weighted by atomic mass is 10.4. The molecule has 0 radical (unpaired) electrons. The maximum absolute atomic E-state index is 5.83.